The molecular formula is C8H7NO3. The Morgan fingerprint density at radius 1 is 1.58 bits per heavy atom. The second-order valence-electron chi connectivity index (χ2n) is 2.49. The lowest BCUT2D eigenvalue weighted by molar-refractivity contribution is 0.101. The Bertz CT molecular complexity index is 335. The van der Waals surface area contributed by atoms with E-state index in [-0.39, 0.29) is 12.6 Å². The molecule has 1 aromatic heterocycles. The molecule has 0 fully saturated rings. The van der Waals surface area contributed by atoms with E-state index < -0.39 is 0 Å². The van der Waals surface area contributed by atoms with Gasteiger partial charge >= 0.3 is 0 Å². The van der Waals surface area contributed by atoms with Crippen molar-refractivity contribution in [3.05, 3.63) is 17.8 Å². The van der Waals surface area contributed by atoms with Crippen LogP contribution in [-0.4, -0.2) is 17.6 Å². The number of carbonyl (C=O) groups is 1. The van der Waals surface area contributed by atoms with Crippen molar-refractivity contribution < 1.29 is 14.3 Å². The van der Waals surface area contributed by atoms with Crippen molar-refractivity contribution in [1.82, 2.24) is 4.98 Å². The molecule has 0 radical (unpaired) electrons. The summed E-state index contributed by atoms with van der Waals surface area (Å²) in [6.07, 6.45) is 1.48. The minimum atomic E-state index is -0.0270. The van der Waals surface area contributed by atoms with Crippen LogP contribution in [0.4, 0.5) is 0 Å². The van der Waals surface area contributed by atoms with Gasteiger partial charge in [-0.05, 0) is 13.0 Å². The van der Waals surface area contributed by atoms with Crippen molar-refractivity contribution in [2.45, 2.75) is 6.92 Å². The van der Waals surface area contributed by atoms with E-state index in [2.05, 4.69) is 4.98 Å². The van der Waals surface area contributed by atoms with Gasteiger partial charge in [0.05, 0.1) is 0 Å². The molecule has 0 saturated carbocycles. The van der Waals surface area contributed by atoms with Crippen LogP contribution >= 0.6 is 0 Å². The maximum atomic E-state index is 10.9. The third-order valence-corrected chi connectivity index (χ3v) is 1.63. The van der Waals surface area contributed by atoms with Gasteiger partial charge in [0.25, 0.3) is 5.88 Å². The van der Waals surface area contributed by atoms with Gasteiger partial charge < -0.3 is 9.47 Å². The van der Waals surface area contributed by atoms with Crippen molar-refractivity contribution in [3.63, 3.8) is 0 Å². The van der Waals surface area contributed by atoms with Gasteiger partial charge in [-0.3, -0.25) is 4.79 Å². The molecule has 0 spiro atoms. The second-order valence-corrected chi connectivity index (χ2v) is 2.49. The fourth-order valence-electron chi connectivity index (χ4n) is 0.985. The first-order valence-electron chi connectivity index (χ1n) is 3.54. The molecule has 0 atom stereocenters. The Labute approximate surface area is 69.1 Å². The van der Waals surface area contributed by atoms with E-state index in [1.54, 1.807) is 6.07 Å². The van der Waals surface area contributed by atoms with E-state index >= 15 is 0 Å². The summed E-state index contributed by atoms with van der Waals surface area (Å²) in [5.41, 5.74) is 0.541. The average molecular weight is 165 g/mol. The number of Topliss-reactive ketones (excluding diaryl/α,β-unsaturated/α-hetero) is 1. The van der Waals surface area contributed by atoms with E-state index in [1.165, 1.54) is 13.1 Å². The second kappa shape index (κ2) is 2.48. The van der Waals surface area contributed by atoms with Crippen molar-refractivity contribution >= 4 is 5.78 Å². The number of nitrogens with zero attached hydrogens (tertiary/aromatic N) is 1. The molecule has 0 unspecified atom stereocenters. The van der Waals surface area contributed by atoms with Crippen LogP contribution in [0.2, 0.25) is 0 Å². The number of ketones is 1. The molecule has 62 valence electrons. The summed E-state index contributed by atoms with van der Waals surface area (Å²) in [7, 11) is 0. The Morgan fingerprint density at radius 3 is 3.17 bits per heavy atom. The number of rotatable bonds is 1. The summed E-state index contributed by atoms with van der Waals surface area (Å²) in [5, 5.41) is 0. The lowest BCUT2D eigenvalue weighted by atomic mass is 10.2. The van der Waals surface area contributed by atoms with E-state index in [4.69, 9.17) is 9.47 Å². The van der Waals surface area contributed by atoms with Crippen LogP contribution in [0.3, 0.4) is 0 Å². The fourth-order valence-corrected chi connectivity index (χ4v) is 0.985. The highest BCUT2D eigenvalue weighted by Crippen LogP contribution is 2.29. The predicted octanol–water partition coefficient (Wildman–Crippen LogP) is 1.01. The summed E-state index contributed by atoms with van der Waals surface area (Å²) >= 11 is 0. The summed E-state index contributed by atoms with van der Waals surface area (Å²) in [4.78, 5) is 14.8. The van der Waals surface area contributed by atoms with Gasteiger partial charge in [0.15, 0.2) is 11.5 Å². The van der Waals surface area contributed by atoms with Gasteiger partial charge in [-0.25, -0.2) is 4.98 Å². The zero-order valence-corrected chi connectivity index (χ0v) is 6.53. The smallest absolute Gasteiger partial charge is 0.260 e. The van der Waals surface area contributed by atoms with Crippen LogP contribution < -0.4 is 9.47 Å². The number of hydrogen-bond acceptors (Lipinski definition) is 4. The molecule has 12 heavy (non-hydrogen) atoms. The minimum absolute atomic E-state index is 0.0270. The normalized spacial score (nSPS) is 13.1. The van der Waals surface area contributed by atoms with Crippen molar-refractivity contribution in [3.8, 4) is 11.6 Å². The zero-order chi connectivity index (χ0) is 8.55. The average Bonchev–Trinajstić information content (AvgIpc) is 2.49. The maximum Gasteiger partial charge on any atom is 0.260 e. The number of carbonyl (C=O) groups excluding carboxylic acids is 1. The van der Waals surface area contributed by atoms with Crippen LogP contribution in [0.1, 0.15) is 17.3 Å². The molecule has 4 nitrogen and oxygen atoms in total. The molecule has 0 bridgehead atoms. The first-order chi connectivity index (χ1) is 5.77. The van der Waals surface area contributed by atoms with Crippen LogP contribution in [0, 0.1) is 0 Å². The molecule has 1 aliphatic rings. The third-order valence-electron chi connectivity index (χ3n) is 1.63. The van der Waals surface area contributed by atoms with Gasteiger partial charge in [-0.2, -0.15) is 0 Å². The monoisotopic (exact) mass is 165 g/mol. The van der Waals surface area contributed by atoms with Gasteiger partial charge in [0.2, 0.25) is 6.79 Å². The Hall–Kier alpha value is -1.58. The van der Waals surface area contributed by atoms with E-state index in [0.29, 0.717) is 17.2 Å². The number of aromatic nitrogens is 1. The first-order valence-corrected chi connectivity index (χ1v) is 3.54. The highest BCUT2D eigenvalue weighted by atomic mass is 16.7. The molecule has 1 aliphatic heterocycles. The minimum Gasteiger partial charge on any atom is -0.452 e. The number of ether oxygens (including phenoxy) is 2. The van der Waals surface area contributed by atoms with E-state index in [1.807, 2.05) is 0 Å². The van der Waals surface area contributed by atoms with E-state index in [9.17, 15) is 4.79 Å². The molecule has 0 saturated heterocycles. The molecule has 0 aromatic carbocycles. The van der Waals surface area contributed by atoms with Crippen LogP contribution in [0.5, 0.6) is 11.6 Å². The van der Waals surface area contributed by atoms with Crippen molar-refractivity contribution in [2.75, 3.05) is 6.79 Å². The van der Waals surface area contributed by atoms with Gasteiger partial charge in [0, 0.05) is 11.8 Å². The Kier molecular flexibility index (Phi) is 1.46. The standard InChI is InChI=1S/C8H7NO3/c1-5(10)6-2-7-8(9-3-6)12-4-11-7/h2-3H,4H2,1H3. The Morgan fingerprint density at radius 2 is 2.42 bits per heavy atom. The highest BCUT2D eigenvalue weighted by Gasteiger charge is 2.15. The highest BCUT2D eigenvalue weighted by molar-refractivity contribution is 5.94. The van der Waals surface area contributed by atoms with Crippen molar-refractivity contribution in [1.29, 1.82) is 0 Å². The predicted molar refractivity (Wildman–Crippen MR) is 40.4 cm³/mol. The number of pyridine rings is 1. The molecular weight excluding hydrogens is 158 g/mol. The van der Waals surface area contributed by atoms with Crippen molar-refractivity contribution in [2.24, 2.45) is 0 Å². The van der Waals surface area contributed by atoms with Crippen LogP contribution in [0.25, 0.3) is 0 Å². The van der Waals surface area contributed by atoms with E-state index in [0.717, 1.165) is 0 Å². The quantitative estimate of drug-likeness (QED) is 0.583. The Balaban J connectivity index is 2.45. The fraction of sp³-hybridized carbons (Fsp3) is 0.250. The van der Waals surface area contributed by atoms with Gasteiger partial charge in [-0.15, -0.1) is 0 Å². The van der Waals surface area contributed by atoms with Gasteiger partial charge in [0.1, 0.15) is 0 Å². The van der Waals surface area contributed by atoms with Gasteiger partial charge in [-0.1, -0.05) is 0 Å². The molecule has 0 aliphatic carbocycles. The lowest BCUT2D eigenvalue weighted by Crippen LogP contribution is -1.93. The number of hydrogen-bond donors (Lipinski definition) is 0. The lowest BCUT2D eigenvalue weighted by Gasteiger charge is -1.96. The summed E-state index contributed by atoms with van der Waals surface area (Å²) in [6, 6.07) is 1.64. The third kappa shape index (κ3) is 1.01. The topological polar surface area (TPSA) is 48.4 Å². The largest absolute Gasteiger partial charge is 0.452 e. The molecule has 2 heterocycles. The van der Waals surface area contributed by atoms with Crippen LogP contribution in [0.15, 0.2) is 12.3 Å². The first kappa shape index (κ1) is 7.09. The molecule has 0 amide bonds. The SMILES string of the molecule is CC(=O)c1cnc2c(c1)OCO2. The van der Waals surface area contributed by atoms with Crippen LogP contribution in [-0.2, 0) is 0 Å². The molecule has 0 N–H and O–H groups in total. The maximum absolute atomic E-state index is 10.9. The summed E-state index contributed by atoms with van der Waals surface area (Å²) < 4.78 is 10.0. The number of fused-ring (bicyclic) bond motifs is 1. The summed E-state index contributed by atoms with van der Waals surface area (Å²) in [6.45, 7) is 1.67. The summed E-state index contributed by atoms with van der Waals surface area (Å²) in [5.74, 6) is 0.975. The molecule has 2 rings (SSSR count). The molecule has 4 heteroatoms. The molecule has 1 aromatic rings. The zero-order valence-electron chi connectivity index (χ0n) is 6.53.